The van der Waals surface area contributed by atoms with E-state index in [2.05, 4.69) is 42.9 Å². The van der Waals surface area contributed by atoms with E-state index in [1.54, 1.807) is 0 Å². The van der Waals surface area contributed by atoms with Gasteiger partial charge in [0.25, 0.3) is 0 Å². The summed E-state index contributed by atoms with van der Waals surface area (Å²) in [5.74, 6) is 0.839. The Morgan fingerprint density at radius 1 is 1.36 bits per heavy atom. The molecule has 1 unspecified atom stereocenters. The Morgan fingerprint density at radius 3 is 2.76 bits per heavy atom. The number of carbonyl (C=O) groups is 1. The summed E-state index contributed by atoms with van der Waals surface area (Å²) in [4.78, 5) is 21.4. The van der Waals surface area contributed by atoms with Gasteiger partial charge in [0.15, 0.2) is 5.96 Å². The standard InChI is InChI=1S/C19H38N4O2/c1-6-20-19(21-12-8-9-13-22(5)16(3)4)23-14-10-11-17(15-23)18(24)25-7-2/h16-17H,6-15H2,1-5H3,(H,20,21). The first-order valence-corrected chi connectivity index (χ1v) is 9.89. The average Bonchev–Trinajstić information content (AvgIpc) is 2.60. The lowest BCUT2D eigenvalue weighted by Crippen LogP contribution is -2.48. The van der Waals surface area contributed by atoms with Crippen molar-refractivity contribution in [3.63, 3.8) is 0 Å². The number of piperidine rings is 1. The number of hydrogen-bond donors (Lipinski definition) is 1. The summed E-state index contributed by atoms with van der Waals surface area (Å²) in [6.07, 6.45) is 4.16. The van der Waals surface area contributed by atoms with Crippen molar-refractivity contribution < 1.29 is 9.53 Å². The van der Waals surface area contributed by atoms with E-state index in [1.807, 2.05) is 6.92 Å². The van der Waals surface area contributed by atoms with Gasteiger partial charge in [-0.15, -0.1) is 0 Å². The molecule has 1 atom stereocenters. The molecule has 0 aromatic carbocycles. The van der Waals surface area contributed by atoms with Crippen LogP contribution in [0.4, 0.5) is 0 Å². The number of aliphatic imine (C=N–C) groups is 1. The fourth-order valence-electron chi connectivity index (χ4n) is 2.96. The fraction of sp³-hybridized carbons (Fsp3) is 0.895. The third kappa shape index (κ3) is 8.08. The van der Waals surface area contributed by atoms with Crippen LogP contribution < -0.4 is 5.32 Å². The molecule has 0 bridgehead atoms. The molecule has 1 rings (SSSR count). The fourth-order valence-corrected chi connectivity index (χ4v) is 2.96. The summed E-state index contributed by atoms with van der Waals surface area (Å²) in [6, 6.07) is 0.592. The zero-order chi connectivity index (χ0) is 18.7. The Morgan fingerprint density at radius 2 is 2.12 bits per heavy atom. The Bertz CT molecular complexity index is 412. The van der Waals surface area contributed by atoms with Crippen LogP contribution in [0.3, 0.4) is 0 Å². The van der Waals surface area contributed by atoms with E-state index in [0.717, 1.165) is 57.8 Å². The van der Waals surface area contributed by atoms with E-state index < -0.39 is 0 Å². The average molecular weight is 355 g/mol. The van der Waals surface area contributed by atoms with Gasteiger partial charge in [0.05, 0.1) is 12.5 Å². The molecule has 0 aromatic heterocycles. The quantitative estimate of drug-likeness (QED) is 0.298. The predicted octanol–water partition coefficient (Wildman–Crippen LogP) is 2.35. The number of guanidine groups is 1. The van der Waals surface area contributed by atoms with Gasteiger partial charge >= 0.3 is 5.97 Å². The largest absolute Gasteiger partial charge is 0.466 e. The first-order chi connectivity index (χ1) is 12.0. The molecular weight excluding hydrogens is 316 g/mol. The molecule has 6 nitrogen and oxygen atoms in total. The van der Waals surface area contributed by atoms with E-state index in [-0.39, 0.29) is 11.9 Å². The molecule has 1 fully saturated rings. The zero-order valence-corrected chi connectivity index (χ0v) is 16.9. The van der Waals surface area contributed by atoms with Gasteiger partial charge in [-0.2, -0.15) is 0 Å². The zero-order valence-electron chi connectivity index (χ0n) is 16.9. The van der Waals surface area contributed by atoms with Gasteiger partial charge in [0, 0.05) is 32.2 Å². The number of hydrogen-bond acceptors (Lipinski definition) is 4. The van der Waals surface area contributed by atoms with Crippen LogP contribution in [-0.2, 0) is 9.53 Å². The van der Waals surface area contributed by atoms with Crippen molar-refractivity contribution in [2.24, 2.45) is 10.9 Å². The molecule has 1 heterocycles. The number of nitrogens with one attached hydrogen (secondary N) is 1. The molecule has 0 radical (unpaired) electrons. The van der Waals surface area contributed by atoms with Crippen molar-refractivity contribution in [2.45, 2.75) is 59.4 Å². The second-order valence-electron chi connectivity index (χ2n) is 7.05. The van der Waals surface area contributed by atoms with E-state index in [0.29, 0.717) is 19.2 Å². The van der Waals surface area contributed by atoms with Crippen LogP contribution in [-0.4, -0.2) is 74.1 Å². The highest BCUT2D eigenvalue weighted by Gasteiger charge is 2.28. The smallest absolute Gasteiger partial charge is 0.310 e. The van der Waals surface area contributed by atoms with Gasteiger partial charge < -0.3 is 19.9 Å². The number of carbonyl (C=O) groups excluding carboxylic acids is 1. The summed E-state index contributed by atoms with van der Waals surface area (Å²) in [6.45, 7) is 13.3. The number of nitrogens with zero attached hydrogens (tertiary/aromatic N) is 3. The minimum Gasteiger partial charge on any atom is -0.466 e. The van der Waals surface area contributed by atoms with Crippen LogP contribution in [0, 0.1) is 5.92 Å². The Labute approximate surface area is 154 Å². The molecule has 1 aliphatic heterocycles. The summed E-state index contributed by atoms with van der Waals surface area (Å²) >= 11 is 0. The van der Waals surface area contributed by atoms with Crippen molar-refractivity contribution in [1.82, 2.24) is 15.1 Å². The Balaban J connectivity index is 2.49. The lowest BCUT2D eigenvalue weighted by molar-refractivity contribution is -0.149. The maximum atomic E-state index is 12.0. The minimum atomic E-state index is -0.0697. The number of esters is 1. The van der Waals surface area contributed by atoms with Crippen molar-refractivity contribution in [3.05, 3.63) is 0 Å². The van der Waals surface area contributed by atoms with Gasteiger partial charge in [0.1, 0.15) is 0 Å². The number of unbranched alkanes of at least 4 members (excludes halogenated alkanes) is 1. The second kappa shape index (κ2) is 12.1. The minimum absolute atomic E-state index is 0.0303. The molecule has 0 amide bonds. The van der Waals surface area contributed by atoms with Crippen LogP contribution in [0.5, 0.6) is 0 Å². The molecule has 6 heteroatoms. The second-order valence-corrected chi connectivity index (χ2v) is 7.05. The van der Waals surface area contributed by atoms with E-state index in [4.69, 9.17) is 9.73 Å². The lowest BCUT2D eigenvalue weighted by atomic mass is 9.98. The van der Waals surface area contributed by atoms with Crippen molar-refractivity contribution in [3.8, 4) is 0 Å². The first-order valence-electron chi connectivity index (χ1n) is 9.89. The van der Waals surface area contributed by atoms with Gasteiger partial charge in [-0.05, 0) is 67.0 Å². The number of rotatable bonds is 9. The predicted molar refractivity (Wildman–Crippen MR) is 104 cm³/mol. The van der Waals surface area contributed by atoms with E-state index in [9.17, 15) is 4.79 Å². The molecular formula is C19H38N4O2. The lowest BCUT2D eigenvalue weighted by Gasteiger charge is -2.34. The normalized spacial score (nSPS) is 18.8. The topological polar surface area (TPSA) is 57.2 Å². The van der Waals surface area contributed by atoms with Crippen molar-refractivity contribution >= 4 is 11.9 Å². The maximum absolute atomic E-state index is 12.0. The summed E-state index contributed by atoms with van der Waals surface area (Å²) < 4.78 is 5.19. The van der Waals surface area contributed by atoms with Crippen LogP contribution in [0.1, 0.15) is 53.4 Å². The van der Waals surface area contributed by atoms with Gasteiger partial charge in [-0.1, -0.05) is 0 Å². The molecule has 0 aromatic rings. The highest BCUT2D eigenvalue weighted by Crippen LogP contribution is 2.18. The van der Waals surface area contributed by atoms with Gasteiger partial charge in [-0.25, -0.2) is 0 Å². The Kier molecular flexibility index (Phi) is 10.5. The van der Waals surface area contributed by atoms with Gasteiger partial charge in [0.2, 0.25) is 0 Å². The highest BCUT2D eigenvalue weighted by molar-refractivity contribution is 5.81. The first kappa shape index (κ1) is 21.7. The van der Waals surface area contributed by atoms with Crippen molar-refractivity contribution in [1.29, 1.82) is 0 Å². The summed E-state index contributed by atoms with van der Waals surface area (Å²) in [5.41, 5.74) is 0. The molecule has 0 spiro atoms. The molecule has 1 N–H and O–H groups in total. The van der Waals surface area contributed by atoms with Crippen LogP contribution >= 0.6 is 0 Å². The third-order valence-corrected chi connectivity index (χ3v) is 4.74. The monoisotopic (exact) mass is 354 g/mol. The highest BCUT2D eigenvalue weighted by atomic mass is 16.5. The summed E-state index contributed by atoms with van der Waals surface area (Å²) in [7, 11) is 2.17. The Hall–Kier alpha value is -1.30. The molecule has 0 saturated carbocycles. The maximum Gasteiger partial charge on any atom is 0.310 e. The molecule has 146 valence electrons. The molecule has 0 aliphatic carbocycles. The van der Waals surface area contributed by atoms with Crippen LogP contribution in [0.2, 0.25) is 0 Å². The van der Waals surface area contributed by atoms with Crippen LogP contribution in [0.15, 0.2) is 4.99 Å². The van der Waals surface area contributed by atoms with E-state index in [1.165, 1.54) is 0 Å². The summed E-state index contributed by atoms with van der Waals surface area (Å²) in [5, 5.41) is 3.38. The van der Waals surface area contributed by atoms with E-state index >= 15 is 0 Å². The van der Waals surface area contributed by atoms with Gasteiger partial charge in [-0.3, -0.25) is 9.79 Å². The third-order valence-electron chi connectivity index (χ3n) is 4.74. The molecule has 1 saturated heterocycles. The molecule has 1 aliphatic rings. The van der Waals surface area contributed by atoms with Crippen LogP contribution in [0.25, 0.3) is 0 Å². The SMILES string of the molecule is CCNC(=NCCCCN(C)C(C)C)N1CCCC(C(=O)OCC)C1. The number of likely N-dealkylation sites (tertiary alicyclic amines) is 1. The number of ether oxygens (including phenoxy) is 1. The molecule has 25 heavy (non-hydrogen) atoms. The van der Waals surface area contributed by atoms with Crippen molar-refractivity contribution in [2.75, 3.05) is 46.4 Å².